The summed E-state index contributed by atoms with van der Waals surface area (Å²) in [5.74, 6) is 0. The Labute approximate surface area is 145 Å². The van der Waals surface area contributed by atoms with Crippen LogP contribution in [-0.2, 0) is 8.85 Å². The van der Waals surface area contributed by atoms with Crippen molar-refractivity contribution in [3.63, 3.8) is 0 Å². The lowest BCUT2D eigenvalue weighted by Gasteiger charge is -2.42. The molecular weight excluding hydrogens is 300 g/mol. The fourth-order valence-corrected chi connectivity index (χ4v) is 6.75. The van der Waals surface area contributed by atoms with Crippen molar-refractivity contribution in [3.05, 3.63) is 23.3 Å². The maximum absolute atomic E-state index is 6.40. The molecule has 0 aromatic rings. The van der Waals surface area contributed by atoms with Crippen LogP contribution < -0.4 is 0 Å². The molecule has 0 aromatic heterocycles. The van der Waals surface area contributed by atoms with Crippen LogP contribution in [-0.4, -0.2) is 22.5 Å². The van der Waals surface area contributed by atoms with Crippen LogP contribution in [0.1, 0.15) is 85.0 Å². The van der Waals surface area contributed by atoms with Gasteiger partial charge in [-0.3, -0.25) is 0 Å². The third-order valence-electron chi connectivity index (χ3n) is 5.33. The van der Waals surface area contributed by atoms with Crippen molar-refractivity contribution in [1.29, 1.82) is 0 Å². The van der Waals surface area contributed by atoms with Gasteiger partial charge in [0.05, 0.1) is 5.04 Å². The van der Waals surface area contributed by atoms with E-state index in [2.05, 4.69) is 32.9 Å². The Morgan fingerprint density at radius 2 is 1.35 bits per heavy atom. The van der Waals surface area contributed by atoms with E-state index in [1.165, 1.54) is 51.4 Å². The maximum atomic E-state index is 6.40. The molecule has 0 atom stereocenters. The standard InChI is InChI=1S/C20H36O2Si/c1-4-16-21-23(22-17-5-2)20(3,18-12-8-6-9-13-18)19-14-10-7-11-15-19/h12,14,23H,4-11,13,15-17H2,1-3H3. The minimum atomic E-state index is -1.78. The zero-order valence-corrected chi connectivity index (χ0v) is 16.7. The predicted octanol–water partition coefficient (Wildman–Crippen LogP) is 5.82. The van der Waals surface area contributed by atoms with Gasteiger partial charge in [0.25, 0.3) is 0 Å². The minimum Gasteiger partial charge on any atom is -0.396 e. The zero-order chi connectivity index (χ0) is 16.5. The van der Waals surface area contributed by atoms with E-state index in [0.29, 0.717) is 0 Å². The molecular formula is C20H36O2Si. The molecule has 2 aliphatic carbocycles. The molecule has 132 valence electrons. The average Bonchev–Trinajstić information content (AvgIpc) is 2.62. The molecule has 0 heterocycles. The summed E-state index contributed by atoms with van der Waals surface area (Å²) < 4.78 is 12.8. The molecule has 0 aromatic carbocycles. The highest BCUT2D eigenvalue weighted by Gasteiger charge is 2.45. The fourth-order valence-electron chi connectivity index (χ4n) is 3.96. The highest BCUT2D eigenvalue weighted by Crippen LogP contribution is 2.52. The van der Waals surface area contributed by atoms with Crippen molar-refractivity contribution < 1.29 is 8.85 Å². The highest BCUT2D eigenvalue weighted by molar-refractivity contribution is 6.51. The molecule has 2 nitrogen and oxygen atoms in total. The second-order valence-electron chi connectivity index (χ2n) is 7.23. The Balaban J connectivity index is 2.31. The van der Waals surface area contributed by atoms with Crippen LogP contribution in [0.25, 0.3) is 0 Å². The highest BCUT2D eigenvalue weighted by atomic mass is 28.3. The van der Waals surface area contributed by atoms with Gasteiger partial charge in [0.15, 0.2) is 0 Å². The summed E-state index contributed by atoms with van der Waals surface area (Å²) in [5, 5.41) is 0.0746. The monoisotopic (exact) mass is 336 g/mol. The first-order valence-corrected chi connectivity index (χ1v) is 11.4. The topological polar surface area (TPSA) is 18.5 Å². The third kappa shape index (κ3) is 4.80. The molecule has 0 aliphatic heterocycles. The SMILES string of the molecule is CCCO[SiH](OCCC)C(C)(C1=CCCCC1)C1=CCCCC1. The maximum Gasteiger partial charge on any atom is 0.335 e. The van der Waals surface area contributed by atoms with Crippen molar-refractivity contribution in [3.8, 4) is 0 Å². The number of rotatable bonds is 9. The summed E-state index contributed by atoms with van der Waals surface area (Å²) in [4.78, 5) is 0. The fraction of sp³-hybridized carbons (Fsp3) is 0.800. The first-order valence-electron chi connectivity index (χ1n) is 9.85. The molecule has 3 heteroatoms. The van der Waals surface area contributed by atoms with Gasteiger partial charge in [-0.15, -0.1) is 0 Å². The van der Waals surface area contributed by atoms with E-state index >= 15 is 0 Å². The van der Waals surface area contributed by atoms with Gasteiger partial charge in [0, 0.05) is 13.2 Å². The quantitative estimate of drug-likeness (QED) is 0.390. The Kier molecular flexibility index (Phi) is 8.08. The average molecular weight is 337 g/mol. The van der Waals surface area contributed by atoms with Crippen molar-refractivity contribution in [1.82, 2.24) is 0 Å². The summed E-state index contributed by atoms with van der Waals surface area (Å²) in [6, 6.07) is 0. The van der Waals surface area contributed by atoms with Gasteiger partial charge < -0.3 is 8.85 Å². The van der Waals surface area contributed by atoms with Gasteiger partial charge in [0.2, 0.25) is 0 Å². The lowest BCUT2D eigenvalue weighted by Crippen LogP contribution is -2.40. The van der Waals surface area contributed by atoms with Gasteiger partial charge in [-0.1, -0.05) is 44.1 Å². The molecule has 0 fully saturated rings. The van der Waals surface area contributed by atoms with Gasteiger partial charge in [-0.05, 0) is 64.2 Å². The van der Waals surface area contributed by atoms with Crippen LogP contribution >= 0.6 is 0 Å². The van der Waals surface area contributed by atoms with E-state index < -0.39 is 9.28 Å². The summed E-state index contributed by atoms with van der Waals surface area (Å²) in [6.45, 7) is 8.53. The largest absolute Gasteiger partial charge is 0.396 e. The molecule has 0 bridgehead atoms. The number of hydrogen-bond donors (Lipinski definition) is 0. The Bertz CT molecular complexity index is 380. The van der Waals surface area contributed by atoms with E-state index in [4.69, 9.17) is 8.85 Å². The van der Waals surface area contributed by atoms with E-state index in [0.717, 1.165) is 26.1 Å². The summed E-state index contributed by atoms with van der Waals surface area (Å²) in [7, 11) is -1.78. The molecule has 0 spiro atoms. The number of hydrogen-bond acceptors (Lipinski definition) is 2. The first-order chi connectivity index (χ1) is 11.2. The van der Waals surface area contributed by atoms with Crippen molar-refractivity contribution >= 4 is 9.28 Å². The Morgan fingerprint density at radius 3 is 1.70 bits per heavy atom. The molecule has 0 radical (unpaired) electrons. The minimum absolute atomic E-state index is 0.0746. The van der Waals surface area contributed by atoms with Gasteiger partial charge in [-0.25, -0.2) is 0 Å². The summed E-state index contributed by atoms with van der Waals surface area (Å²) >= 11 is 0. The summed E-state index contributed by atoms with van der Waals surface area (Å²) in [6.07, 6.45) is 17.5. The van der Waals surface area contributed by atoms with E-state index in [1.54, 1.807) is 11.1 Å². The normalized spacial score (nSPS) is 19.7. The smallest absolute Gasteiger partial charge is 0.335 e. The van der Waals surface area contributed by atoms with Gasteiger partial charge in [0.1, 0.15) is 0 Å². The summed E-state index contributed by atoms with van der Waals surface area (Å²) in [5.41, 5.74) is 3.25. The molecule has 2 aliphatic rings. The van der Waals surface area contributed by atoms with Crippen LogP contribution in [0.2, 0.25) is 5.04 Å². The van der Waals surface area contributed by atoms with Crippen molar-refractivity contribution in [2.45, 2.75) is 90.0 Å². The van der Waals surface area contributed by atoms with Crippen LogP contribution in [0.5, 0.6) is 0 Å². The molecule has 23 heavy (non-hydrogen) atoms. The van der Waals surface area contributed by atoms with Crippen molar-refractivity contribution in [2.75, 3.05) is 13.2 Å². The Morgan fingerprint density at radius 1 is 0.870 bits per heavy atom. The van der Waals surface area contributed by atoms with E-state index in [1.807, 2.05) is 0 Å². The van der Waals surface area contributed by atoms with Crippen LogP contribution in [0.3, 0.4) is 0 Å². The lowest BCUT2D eigenvalue weighted by atomic mass is 9.80. The zero-order valence-electron chi connectivity index (χ0n) is 15.5. The molecule has 2 rings (SSSR count). The second-order valence-corrected chi connectivity index (χ2v) is 9.71. The molecule has 0 N–H and O–H groups in total. The third-order valence-corrected chi connectivity index (χ3v) is 8.10. The van der Waals surface area contributed by atoms with E-state index in [-0.39, 0.29) is 5.04 Å². The lowest BCUT2D eigenvalue weighted by molar-refractivity contribution is 0.181. The molecule has 0 saturated heterocycles. The van der Waals surface area contributed by atoms with Crippen LogP contribution in [0.15, 0.2) is 23.3 Å². The second kappa shape index (κ2) is 9.80. The predicted molar refractivity (Wildman–Crippen MR) is 101 cm³/mol. The molecule has 0 saturated carbocycles. The number of allylic oxidation sites excluding steroid dienone is 4. The van der Waals surface area contributed by atoms with Crippen LogP contribution in [0.4, 0.5) is 0 Å². The van der Waals surface area contributed by atoms with Gasteiger partial charge in [-0.2, -0.15) is 0 Å². The first kappa shape index (κ1) is 18.9. The van der Waals surface area contributed by atoms with Gasteiger partial charge >= 0.3 is 9.28 Å². The van der Waals surface area contributed by atoms with E-state index in [9.17, 15) is 0 Å². The van der Waals surface area contributed by atoms with Crippen molar-refractivity contribution in [2.24, 2.45) is 0 Å². The molecule has 0 amide bonds. The Hall–Kier alpha value is -0.383. The molecule has 0 unspecified atom stereocenters. The van der Waals surface area contributed by atoms with Crippen LogP contribution in [0, 0.1) is 0 Å².